The first-order chi connectivity index (χ1) is 15.6. The van der Waals surface area contributed by atoms with Gasteiger partial charge in [0.15, 0.2) is 11.5 Å². The number of hydrogen-bond donors (Lipinski definition) is 1. The minimum Gasteiger partial charge on any atom is -0.493 e. The van der Waals surface area contributed by atoms with E-state index in [2.05, 4.69) is 30.1 Å². The smallest absolute Gasteiger partial charge is 0.161 e. The van der Waals surface area contributed by atoms with Crippen LogP contribution in [0.5, 0.6) is 11.5 Å². The maximum Gasteiger partial charge on any atom is 0.161 e. The number of nitrogens with one attached hydrogen (secondary N) is 1. The van der Waals surface area contributed by atoms with Crippen molar-refractivity contribution in [3.05, 3.63) is 57.6 Å². The molecule has 0 amide bonds. The van der Waals surface area contributed by atoms with Gasteiger partial charge in [-0.2, -0.15) is 0 Å². The van der Waals surface area contributed by atoms with E-state index in [1.54, 1.807) is 13.2 Å². The van der Waals surface area contributed by atoms with E-state index in [1.165, 1.54) is 44.3 Å². The van der Waals surface area contributed by atoms with E-state index in [1.807, 2.05) is 24.3 Å². The third-order valence-corrected chi connectivity index (χ3v) is 6.16. The topological polar surface area (TPSA) is 33.7 Å². The van der Waals surface area contributed by atoms with Crippen molar-refractivity contribution in [3.63, 3.8) is 0 Å². The van der Waals surface area contributed by atoms with Crippen molar-refractivity contribution in [2.45, 2.75) is 59.1 Å². The van der Waals surface area contributed by atoms with Gasteiger partial charge in [-0.15, -0.1) is 24.8 Å². The number of methoxy groups -OCH3 is 1. The molecule has 194 valence electrons. The Labute approximate surface area is 228 Å². The van der Waals surface area contributed by atoms with Crippen molar-refractivity contribution in [1.29, 1.82) is 0 Å². The summed E-state index contributed by atoms with van der Waals surface area (Å²) >= 11 is 12.1. The molecule has 0 saturated heterocycles. The standard InChI is InChI=1S/C26H38Cl2N2O2.2ClH/c1-4-6-14-30(15-7-5-2)16-8-13-29-19-21-10-12-25(26(18-21)31-3)32-20-22-9-11-23(27)24(28)17-22;;/h9-12,17-18,29H,4-8,13-16,19-20H2,1-3H3;2*1H. The zero-order valence-electron chi connectivity index (χ0n) is 20.6. The van der Waals surface area contributed by atoms with Gasteiger partial charge in [0.05, 0.1) is 17.2 Å². The van der Waals surface area contributed by atoms with Gasteiger partial charge in [-0.3, -0.25) is 0 Å². The molecule has 0 heterocycles. The van der Waals surface area contributed by atoms with Crippen molar-refractivity contribution < 1.29 is 9.47 Å². The van der Waals surface area contributed by atoms with Crippen molar-refractivity contribution >= 4 is 48.0 Å². The number of rotatable bonds is 16. The van der Waals surface area contributed by atoms with E-state index in [0.29, 0.717) is 22.4 Å². The fraction of sp³-hybridized carbons (Fsp3) is 0.538. The van der Waals surface area contributed by atoms with Crippen molar-refractivity contribution in [2.24, 2.45) is 0 Å². The molecule has 2 aromatic carbocycles. The maximum atomic E-state index is 6.09. The highest BCUT2D eigenvalue weighted by Crippen LogP contribution is 2.29. The van der Waals surface area contributed by atoms with Crippen molar-refractivity contribution in [1.82, 2.24) is 10.2 Å². The van der Waals surface area contributed by atoms with Gasteiger partial charge in [-0.05, 0) is 80.8 Å². The van der Waals surface area contributed by atoms with Crippen LogP contribution in [-0.2, 0) is 13.2 Å². The summed E-state index contributed by atoms with van der Waals surface area (Å²) in [4.78, 5) is 2.61. The Morgan fingerprint density at radius 1 is 0.794 bits per heavy atom. The van der Waals surface area contributed by atoms with Crippen LogP contribution in [0.25, 0.3) is 0 Å². The second kappa shape index (κ2) is 19.3. The fourth-order valence-corrected chi connectivity index (χ4v) is 3.81. The molecule has 2 aromatic rings. The Bertz CT molecular complexity index is 800. The summed E-state index contributed by atoms with van der Waals surface area (Å²) in [5, 5.41) is 4.63. The van der Waals surface area contributed by atoms with Crippen LogP contribution in [-0.4, -0.2) is 38.2 Å². The van der Waals surface area contributed by atoms with E-state index >= 15 is 0 Å². The summed E-state index contributed by atoms with van der Waals surface area (Å²) in [6.45, 7) is 10.3. The second-order valence-corrected chi connectivity index (χ2v) is 8.92. The van der Waals surface area contributed by atoms with Gasteiger partial charge in [-0.25, -0.2) is 0 Å². The van der Waals surface area contributed by atoms with Crippen LogP contribution < -0.4 is 14.8 Å². The molecule has 4 nitrogen and oxygen atoms in total. The van der Waals surface area contributed by atoms with Gasteiger partial charge in [-0.1, -0.05) is 62.0 Å². The van der Waals surface area contributed by atoms with Crippen molar-refractivity contribution in [3.8, 4) is 11.5 Å². The van der Waals surface area contributed by atoms with Crippen LogP contribution in [0.15, 0.2) is 36.4 Å². The summed E-state index contributed by atoms with van der Waals surface area (Å²) < 4.78 is 11.5. The number of halogens is 4. The Hall–Kier alpha value is -0.880. The quantitative estimate of drug-likeness (QED) is 0.215. The second-order valence-electron chi connectivity index (χ2n) is 8.10. The average molecular weight is 554 g/mol. The van der Waals surface area contributed by atoms with Gasteiger partial charge < -0.3 is 19.7 Å². The minimum absolute atomic E-state index is 0. The Balaban J connectivity index is 0.00000544. The lowest BCUT2D eigenvalue weighted by Gasteiger charge is -2.22. The van der Waals surface area contributed by atoms with Gasteiger partial charge in [0.2, 0.25) is 0 Å². The number of benzene rings is 2. The van der Waals surface area contributed by atoms with E-state index < -0.39 is 0 Å². The molecule has 1 N–H and O–H groups in total. The van der Waals surface area contributed by atoms with Crippen LogP contribution in [0.3, 0.4) is 0 Å². The molecule has 0 fully saturated rings. The highest BCUT2D eigenvalue weighted by molar-refractivity contribution is 6.42. The molecule has 2 rings (SSSR count). The molecular formula is C26H40Cl4N2O2. The summed E-state index contributed by atoms with van der Waals surface area (Å²) in [6, 6.07) is 11.6. The van der Waals surface area contributed by atoms with Gasteiger partial charge in [0, 0.05) is 6.54 Å². The third-order valence-electron chi connectivity index (χ3n) is 5.42. The molecule has 0 aromatic heterocycles. The molecular weight excluding hydrogens is 514 g/mol. The van der Waals surface area contributed by atoms with Crippen LogP contribution in [0.1, 0.15) is 57.1 Å². The van der Waals surface area contributed by atoms with E-state index in [0.717, 1.165) is 37.4 Å². The van der Waals surface area contributed by atoms with Gasteiger partial charge in [0.25, 0.3) is 0 Å². The maximum absolute atomic E-state index is 6.09. The van der Waals surface area contributed by atoms with E-state index in [9.17, 15) is 0 Å². The zero-order valence-corrected chi connectivity index (χ0v) is 23.7. The molecule has 0 aliphatic carbocycles. The summed E-state index contributed by atoms with van der Waals surface area (Å²) in [6.07, 6.45) is 6.26. The predicted molar refractivity (Wildman–Crippen MR) is 151 cm³/mol. The van der Waals surface area contributed by atoms with E-state index in [4.69, 9.17) is 32.7 Å². The van der Waals surface area contributed by atoms with Crippen LogP contribution >= 0.6 is 48.0 Å². The number of hydrogen-bond acceptors (Lipinski definition) is 4. The number of unbranched alkanes of at least 4 members (excludes halogenated alkanes) is 2. The van der Waals surface area contributed by atoms with Gasteiger partial charge in [0.1, 0.15) is 6.61 Å². The molecule has 0 atom stereocenters. The molecule has 0 aliphatic heterocycles. The predicted octanol–water partition coefficient (Wildman–Crippen LogP) is 7.81. The molecule has 0 radical (unpaired) electrons. The highest BCUT2D eigenvalue weighted by Gasteiger charge is 2.08. The first kappa shape index (κ1) is 33.1. The fourth-order valence-electron chi connectivity index (χ4n) is 3.49. The largest absolute Gasteiger partial charge is 0.493 e. The van der Waals surface area contributed by atoms with Crippen LogP contribution in [0.2, 0.25) is 10.0 Å². The minimum atomic E-state index is 0. The van der Waals surface area contributed by atoms with Crippen LogP contribution in [0.4, 0.5) is 0 Å². The molecule has 34 heavy (non-hydrogen) atoms. The number of nitrogens with zero attached hydrogens (tertiary/aromatic N) is 1. The molecule has 0 unspecified atom stereocenters. The Kier molecular flexibility index (Phi) is 18.8. The Morgan fingerprint density at radius 2 is 1.44 bits per heavy atom. The molecule has 0 bridgehead atoms. The third kappa shape index (κ3) is 12.2. The zero-order chi connectivity index (χ0) is 23.2. The monoisotopic (exact) mass is 552 g/mol. The lowest BCUT2D eigenvalue weighted by Crippen LogP contribution is -2.29. The normalized spacial score (nSPS) is 10.5. The van der Waals surface area contributed by atoms with Crippen molar-refractivity contribution in [2.75, 3.05) is 33.3 Å². The van der Waals surface area contributed by atoms with Crippen LogP contribution in [0, 0.1) is 0 Å². The first-order valence-electron chi connectivity index (χ1n) is 11.7. The summed E-state index contributed by atoms with van der Waals surface area (Å²) in [5.41, 5.74) is 2.14. The summed E-state index contributed by atoms with van der Waals surface area (Å²) in [5.74, 6) is 1.44. The Morgan fingerprint density at radius 3 is 2.06 bits per heavy atom. The average Bonchev–Trinajstić information content (AvgIpc) is 2.81. The lowest BCUT2D eigenvalue weighted by atomic mass is 10.2. The molecule has 8 heteroatoms. The lowest BCUT2D eigenvalue weighted by molar-refractivity contribution is 0.261. The van der Waals surface area contributed by atoms with E-state index in [-0.39, 0.29) is 24.8 Å². The first-order valence-corrected chi connectivity index (χ1v) is 12.5. The van der Waals surface area contributed by atoms with Gasteiger partial charge >= 0.3 is 0 Å². The number of ether oxygens (including phenoxy) is 2. The summed E-state index contributed by atoms with van der Waals surface area (Å²) in [7, 11) is 1.67. The molecule has 0 spiro atoms. The SMILES string of the molecule is CCCCN(CCCC)CCCNCc1ccc(OCc2ccc(Cl)c(Cl)c2)c(OC)c1.Cl.Cl. The highest BCUT2D eigenvalue weighted by atomic mass is 35.5. The molecule has 0 saturated carbocycles. The molecule has 0 aliphatic rings.